The quantitative estimate of drug-likeness (QED) is 0.491. The Hall–Kier alpha value is -0.476. The molecule has 1 fully saturated rings. The van der Waals surface area contributed by atoms with Crippen LogP contribution in [0.5, 0.6) is 0 Å². The first-order valence-corrected chi connectivity index (χ1v) is 15.6. The predicted molar refractivity (Wildman–Crippen MR) is 115 cm³/mol. The molecule has 1 saturated carbocycles. The van der Waals surface area contributed by atoms with Crippen molar-refractivity contribution >= 4 is 22.6 Å². The fourth-order valence-electron chi connectivity index (χ4n) is 2.64. The third-order valence-electron chi connectivity index (χ3n) is 6.76. The van der Waals surface area contributed by atoms with Gasteiger partial charge in [-0.05, 0) is 41.8 Å². The second-order valence-electron chi connectivity index (χ2n) is 11.1. The molecule has 0 aromatic rings. The number of carbonyl (C=O) groups is 1. The molecule has 27 heavy (non-hydrogen) atoms. The Balaban J connectivity index is 3.23. The Labute approximate surface area is 167 Å². The summed E-state index contributed by atoms with van der Waals surface area (Å²) in [7, 11) is -4.33. The van der Waals surface area contributed by atoms with E-state index in [0.717, 1.165) is 5.57 Å². The van der Waals surface area contributed by atoms with Crippen LogP contribution in [0, 0.1) is 0 Å². The van der Waals surface area contributed by atoms with Crippen molar-refractivity contribution in [1.29, 1.82) is 0 Å². The van der Waals surface area contributed by atoms with Gasteiger partial charge in [0.2, 0.25) is 0 Å². The second kappa shape index (κ2) is 7.41. The van der Waals surface area contributed by atoms with Gasteiger partial charge in [0.15, 0.2) is 22.2 Å². The molecule has 0 heterocycles. The first-order chi connectivity index (χ1) is 11.7. The van der Waals surface area contributed by atoms with Gasteiger partial charge in [-0.25, -0.2) is 4.79 Å². The molecular weight excluding hydrogens is 376 g/mol. The summed E-state index contributed by atoms with van der Waals surface area (Å²) in [6, 6.07) is 0. The molecule has 0 saturated heterocycles. The van der Waals surface area contributed by atoms with Crippen LogP contribution in [0.2, 0.25) is 36.3 Å². The number of hydrogen-bond acceptors (Lipinski definition) is 4. The van der Waals surface area contributed by atoms with Crippen LogP contribution in [0.15, 0.2) is 12.2 Å². The molecule has 0 amide bonds. The number of carboxylic acids is 1. The molecule has 1 aliphatic rings. The van der Waals surface area contributed by atoms with E-state index in [1.54, 1.807) is 0 Å². The van der Waals surface area contributed by atoms with E-state index >= 15 is 0 Å². The summed E-state index contributed by atoms with van der Waals surface area (Å²) in [6.45, 7) is 25.5. The van der Waals surface area contributed by atoms with Gasteiger partial charge in [0, 0.05) is 12.8 Å². The molecule has 0 spiro atoms. The standard InChI is InChI=1S/C20H40O5Si2/c1-14-15(24-26(8,9)18(2,3)4)12-20(23,17(21)22)13-16(14)25-27(10,11)19(5,6)7/h15-16,23H,1,12-13H2,2-11H3,(H,21,22)/t15-,16-/m1/s1. The van der Waals surface area contributed by atoms with E-state index < -0.39 is 40.4 Å². The maximum Gasteiger partial charge on any atom is 0.335 e. The van der Waals surface area contributed by atoms with Gasteiger partial charge in [0.25, 0.3) is 0 Å². The Bertz CT molecular complexity index is 544. The molecule has 1 rings (SSSR count). The molecule has 0 aliphatic heterocycles. The molecular formula is C20H40O5Si2. The highest BCUT2D eigenvalue weighted by atomic mass is 28.4. The molecule has 1 aliphatic carbocycles. The maximum atomic E-state index is 11.8. The zero-order valence-corrected chi connectivity index (χ0v) is 20.9. The molecule has 0 aromatic carbocycles. The van der Waals surface area contributed by atoms with Crippen molar-refractivity contribution < 1.29 is 23.9 Å². The lowest BCUT2D eigenvalue weighted by molar-refractivity contribution is -0.167. The molecule has 5 nitrogen and oxygen atoms in total. The minimum atomic E-state index is -2.17. The minimum absolute atomic E-state index is 0.0189. The largest absolute Gasteiger partial charge is 0.479 e. The van der Waals surface area contributed by atoms with Gasteiger partial charge in [-0.1, -0.05) is 48.1 Å². The van der Waals surface area contributed by atoms with E-state index in [1.807, 2.05) is 0 Å². The van der Waals surface area contributed by atoms with E-state index in [2.05, 4.69) is 74.3 Å². The normalized spacial score (nSPS) is 28.3. The van der Waals surface area contributed by atoms with Gasteiger partial charge in [0.1, 0.15) is 0 Å². The molecule has 0 radical (unpaired) electrons. The van der Waals surface area contributed by atoms with Crippen molar-refractivity contribution in [3.05, 3.63) is 12.2 Å². The molecule has 2 N–H and O–H groups in total. The van der Waals surface area contributed by atoms with E-state index in [-0.39, 0.29) is 22.9 Å². The zero-order valence-electron chi connectivity index (χ0n) is 18.9. The molecule has 7 heteroatoms. The summed E-state index contributed by atoms with van der Waals surface area (Å²) in [6.07, 6.45) is -0.998. The van der Waals surface area contributed by atoms with Crippen molar-refractivity contribution in [2.45, 2.75) is 108 Å². The summed E-state index contributed by atoms with van der Waals surface area (Å²) >= 11 is 0. The summed E-state index contributed by atoms with van der Waals surface area (Å²) in [5.74, 6) is -1.22. The van der Waals surface area contributed by atoms with Crippen molar-refractivity contribution in [3.8, 4) is 0 Å². The number of aliphatic hydroxyl groups is 1. The Kier molecular flexibility index (Phi) is 6.74. The van der Waals surface area contributed by atoms with E-state index in [9.17, 15) is 15.0 Å². The number of carboxylic acid groups (broad SMARTS) is 1. The third-order valence-corrected chi connectivity index (χ3v) is 15.7. The van der Waals surface area contributed by atoms with Gasteiger partial charge >= 0.3 is 5.97 Å². The molecule has 2 atom stereocenters. The highest BCUT2D eigenvalue weighted by Crippen LogP contribution is 2.45. The third kappa shape index (κ3) is 5.32. The monoisotopic (exact) mass is 416 g/mol. The zero-order chi connectivity index (χ0) is 21.6. The average molecular weight is 417 g/mol. The van der Waals surface area contributed by atoms with Crippen LogP contribution >= 0.6 is 0 Å². The SMILES string of the molecule is C=C1[C@H](O[Si](C)(C)C(C)(C)C)CC(O)(C(=O)O)C[C@H]1O[Si](C)(C)C(C)(C)C. The Morgan fingerprint density at radius 3 is 1.48 bits per heavy atom. The van der Waals surface area contributed by atoms with Gasteiger partial charge in [0.05, 0.1) is 12.2 Å². The number of rotatable bonds is 5. The van der Waals surface area contributed by atoms with E-state index in [1.165, 1.54) is 0 Å². The average Bonchev–Trinajstić information content (AvgIpc) is 2.40. The Morgan fingerprint density at radius 1 is 0.963 bits per heavy atom. The summed E-state index contributed by atoms with van der Waals surface area (Å²) in [4.78, 5) is 11.8. The van der Waals surface area contributed by atoms with Crippen molar-refractivity contribution in [2.24, 2.45) is 0 Å². The fraction of sp³-hybridized carbons (Fsp3) is 0.850. The van der Waals surface area contributed by atoms with Gasteiger partial charge in [-0.3, -0.25) is 0 Å². The van der Waals surface area contributed by atoms with E-state index in [0.29, 0.717) is 0 Å². The summed E-state index contributed by atoms with van der Waals surface area (Å²) in [5.41, 5.74) is -1.10. The van der Waals surface area contributed by atoms with Crippen molar-refractivity contribution in [1.82, 2.24) is 0 Å². The molecule has 0 aromatic heterocycles. The minimum Gasteiger partial charge on any atom is -0.479 e. The van der Waals surface area contributed by atoms with Crippen LogP contribution in [-0.4, -0.2) is 50.6 Å². The van der Waals surface area contributed by atoms with Gasteiger partial charge < -0.3 is 19.1 Å². The molecule has 0 bridgehead atoms. The van der Waals surface area contributed by atoms with E-state index in [4.69, 9.17) is 8.85 Å². The van der Waals surface area contributed by atoms with Crippen LogP contribution in [0.25, 0.3) is 0 Å². The Morgan fingerprint density at radius 2 is 1.26 bits per heavy atom. The number of hydrogen-bond donors (Lipinski definition) is 2. The summed E-state index contributed by atoms with van der Waals surface area (Å²) < 4.78 is 13.0. The predicted octanol–water partition coefficient (Wildman–Crippen LogP) is 4.93. The topological polar surface area (TPSA) is 76.0 Å². The number of aliphatic carboxylic acids is 1. The first-order valence-electron chi connectivity index (χ1n) is 9.74. The van der Waals surface area contributed by atoms with Crippen molar-refractivity contribution in [2.75, 3.05) is 0 Å². The fourth-order valence-corrected chi connectivity index (χ4v) is 5.24. The van der Waals surface area contributed by atoms with Crippen LogP contribution in [-0.2, 0) is 13.6 Å². The lowest BCUT2D eigenvalue weighted by Crippen LogP contribution is -2.57. The van der Waals surface area contributed by atoms with Crippen LogP contribution in [0.3, 0.4) is 0 Å². The van der Waals surface area contributed by atoms with Crippen LogP contribution in [0.4, 0.5) is 0 Å². The van der Waals surface area contributed by atoms with Crippen molar-refractivity contribution in [3.63, 3.8) is 0 Å². The first kappa shape index (κ1) is 24.6. The second-order valence-corrected chi connectivity index (χ2v) is 20.6. The lowest BCUT2D eigenvalue weighted by atomic mass is 9.79. The molecule has 0 unspecified atom stereocenters. The highest BCUT2D eigenvalue weighted by molar-refractivity contribution is 6.74. The highest BCUT2D eigenvalue weighted by Gasteiger charge is 2.52. The van der Waals surface area contributed by atoms with Gasteiger partial charge in [-0.2, -0.15) is 0 Å². The maximum absolute atomic E-state index is 11.8. The van der Waals surface area contributed by atoms with Crippen LogP contribution in [0.1, 0.15) is 54.4 Å². The molecule has 158 valence electrons. The lowest BCUT2D eigenvalue weighted by Gasteiger charge is -2.48. The van der Waals surface area contributed by atoms with Gasteiger partial charge in [-0.15, -0.1) is 0 Å². The smallest absolute Gasteiger partial charge is 0.335 e. The summed E-state index contributed by atoms with van der Waals surface area (Å²) in [5, 5.41) is 20.5. The van der Waals surface area contributed by atoms with Crippen LogP contribution < -0.4 is 0 Å².